The van der Waals surface area contributed by atoms with E-state index in [0.29, 0.717) is 25.3 Å². The number of carbonyl (C=O) groups is 2. The molecule has 2 amide bonds. The molecule has 1 N–H and O–H groups in total. The second kappa shape index (κ2) is 8.52. The minimum absolute atomic E-state index is 0.000293. The number of fused-ring (bicyclic) bond motifs is 3. The van der Waals surface area contributed by atoms with Gasteiger partial charge in [0.15, 0.2) is 0 Å². The van der Waals surface area contributed by atoms with E-state index in [0.717, 1.165) is 25.0 Å². The normalized spacial score (nSPS) is 29.1. The van der Waals surface area contributed by atoms with Crippen LogP contribution in [0, 0.1) is 17.8 Å². The van der Waals surface area contributed by atoms with Crippen LogP contribution in [0.5, 0.6) is 0 Å². The lowest BCUT2D eigenvalue weighted by Crippen LogP contribution is -2.34. The Hall–Kier alpha value is -2.18. The summed E-state index contributed by atoms with van der Waals surface area (Å²) in [5.74, 6) is 0.887. The highest BCUT2D eigenvalue weighted by Crippen LogP contribution is 2.49. The Kier molecular flexibility index (Phi) is 5.98. The van der Waals surface area contributed by atoms with Gasteiger partial charge in [-0.3, -0.25) is 14.5 Å². The van der Waals surface area contributed by atoms with Crippen LogP contribution in [0.1, 0.15) is 58.0 Å². The lowest BCUT2D eigenvalue weighted by molar-refractivity contribution is -0.140. The number of amides is 2. The van der Waals surface area contributed by atoms with Crippen LogP contribution in [0.2, 0.25) is 0 Å². The second-order valence-electron chi connectivity index (χ2n) is 8.82. The average Bonchev–Trinajstić information content (AvgIpc) is 3.41. The van der Waals surface area contributed by atoms with Crippen LogP contribution in [-0.2, 0) is 20.9 Å². The van der Waals surface area contributed by atoms with Gasteiger partial charge in [0.05, 0.1) is 24.5 Å². The van der Waals surface area contributed by atoms with Crippen molar-refractivity contribution in [1.82, 2.24) is 4.90 Å². The van der Waals surface area contributed by atoms with Gasteiger partial charge in [-0.2, -0.15) is 0 Å². The molecule has 30 heavy (non-hydrogen) atoms. The Labute approximate surface area is 177 Å². The molecule has 0 aromatic carbocycles. The summed E-state index contributed by atoms with van der Waals surface area (Å²) in [7, 11) is 0. The Morgan fingerprint density at radius 1 is 1.27 bits per heavy atom. The number of allylic oxidation sites excluding steroid dienone is 2. The highest BCUT2D eigenvalue weighted by Gasteiger charge is 2.56. The fraction of sp³-hybridized carbons (Fsp3) is 0.583. The predicted molar refractivity (Wildman–Crippen MR) is 112 cm³/mol. The number of aliphatic hydroxyl groups excluding tert-OH is 1. The molecule has 4 rings (SSSR count). The minimum atomic E-state index is -0.246. The molecule has 6 nitrogen and oxygen atoms in total. The molecule has 0 spiro atoms. The first-order valence-corrected chi connectivity index (χ1v) is 11.0. The number of furan rings is 1. The zero-order chi connectivity index (χ0) is 21.4. The smallest absolute Gasteiger partial charge is 0.233 e. The second-order valence-corrected chi connectivity index (χ2v) is 8.82. The maximum Gasteiger partial charge on any atom is 0.233 e. The van der Waals surface area contributed by atoms with Crippen LogP contribution < -0.4 is 0 Å². The summed E-state index contributed by atoms with van der Waals surface area (Å²) in [6.07, 6.45) is 5.16. The van der Waals surface area contributed by atoms with Crippen LogP contribution >= 0.6 is 0 Å². The summed E-state index contributed by atoms with van der Waals surface area (Å²) < 4.78 is 11.7. The molecule has 0 saturated carbocycles. The monoisotopic (exact) mass is 413 g/mol. The van der Waals surface area contributed by atoms with Gasteiger partial charge in [-0.25, -0.2) is 0 Å². The van der Waals surface area contributed by atoms with Crippen molar-refractivity contribution < 1.29 is 23.8 Å². The van der Waals surface area contributed by atoms with Gasteiger partial charge in [-0.1, -0.05) is 18.1 Å². The fourth-order valence-electron chi connectivity index (χ4n) is 5.37. The topological polar surface area (TPSA) is 80.0 Å². The molecule has 1 aliphatic carbocycles. The van der Waals surface area contributed by atoms with Gasteiger partial charge in [0.25, 0.3) is 0 Å². The van der Waals surface area contributed by atoms with Crippen molar-refractivity contribution >= 4 is 17.9 Å². The molecule has 1 aromatic heterocycles. The molecule has 0 bridgehead atoms. The molecule has 2 saturated heterocycles. The molecule has 1 aromatic rings. The van der Waals surface area contributed by atoms with Crippen molar-refractivity contribution in [2.24, 2.45) is 17.8 Å². The van der Waals surface area contributed by atoms with Gasteiger partial charge in [-0.05, 0) is 63.3 Å². The Morgan fingerprint density at radius 3 is 2.77 bits per heavy atom. The Balaban J connectivity index is 1.45. The van der Waals surface area contributed by atoms with Crippen LogP contribution in [-0.4, -0.2) is 41.1 Å². The van der Waals surface area contributed by atoms with Gasteiger partial charge in [0.2, 0.25) is 11.8 Å². The standard InChI is InChI=1S/C24H31NO5/c1-4-9-25-23(27)18-11-15(3)21-19(22(18)24(25)28)13-29-20(21)8-5-14(2)10-16-6-7-17(12-26)30-16/h6-7,10,18-20,22,26H,4-5,8-9,11-13H2,1-3H3/b14-10+/t18-,19+,20-,22-/m1/s1. The largest absolute Gasteiger partial charge is 0.459 e. The fourth-order valence-corrected chi connectivity index (χ4v) is 5.37. The summed E-state index contributed by atoms with van der Waals surface area (Å²) in [6.45, 7) is 7.10. The maximum absolute atomic E-state index is 13.0. The third-order valence-corrected chi connectivity index (χ3v) is 6.72. The van der Waals surface area contributed by atoms with E-state index >= 15 is 0 Å². The van der Waals surface area contributed by atoms with Crippen molar-refractivity contribution in [3.63, 3.8) is 0 Å². The van der Waals surface area contributed by atoms with E-state index in [1.165, 1.54) is 21.6 Å². The van der Waals surface area contributed by atoms with E-state index < -0.39 is 0 Å². The SMILES string of the molecule is CCCN1C(=O)[C@@H]2[C@@H](CC(C)=C3[C@@H](CC/C(C)=C/c4ccc(CO)o4)OC[C@@H]32)C1=O. The summed E-state index contributed by atoms with van der Waals surface area (Å²) in [4.78, 5) is 27.2. The van der Waals surface area contributed by atoms with E-state index in [4.69, 9.17) is 14.3 Å². The molecular formula is C24H31NO5. The number of hydrogen-bond acceptors (Lipinski definition) is 5. The van der Waals surface area contributed by atoms with Crippen molar-refractivity contribution in [2.45, 2.75) is 59.2 Å². The maximum atomic E-state index is 13.0. The van der Waals surface area contributed by atoms with Gasteiger partial charge in [0, 0.05) is 12.5 Å². The summed E-state index contributed by atoms with van der Waals surface area (Å²) >= 11 is 0. The molecule has 3 aliphatic rings. The lowest BCUT2D eigenvalue weighted by atomic mass is 9.70. The number of rotatable bonds is 7. The Morgan fingerprint density at radius 2 is 2.07 bits per heavy atom. The molecule has 3 heterocycles. The number of imide groups is 1. The van der Waals surface area contributed by atoms with Crippen molar-refractivity contribution in [2.75, 3.05) is 13.2 Å². The van der Waals surface area contributed by atoms with Crippen LogP contribution in [0.3, 0.4) is 0 Å². The molecule has 162 valence electrons. The first-order chi connectivity index (χ1) is 14.4. The third kappa shape index (κ3) is 3.67. The zero-order valence-electron chi connectivity index (χ0n) is 18.0. The summed E-state index contributed by atoms with van der Waals surface area (Å²) in [6, 6.07) is 3.63. The molecule has 0 unspecified atom stereocenters. The van der Waals surface area contributed by atoms with Crippen molar-refractivity contribution in [1.29, 1.82) is 0 Å². The number of likely N-dealkylation sites (tertiary alicyclic amines) is 1. The zero-order valence-corrected chi connectivity index (χ0v) is 18.0. The van der Waals surface area contributed by atoms with E-state index in [2.05, 4.69) is 13.8 Å². The van der Waals surface area contributed by atoms with Crippen molar-refractivity contribution in [3.8, 4) is 0 Å². The van der Waals surface area contributed by atoms with Crippen LogP contribution in [0.15, 0.2) is 33.3 Å². The van der Waals surface area contributed by atoms with Gasteiger partial charge in [-0.15, -0.1) is 0 Å². The number of nitrogens with zero attached hydrogens (tertiary/aromatic N) is 1. The molecule has 4 atom stereocenters. The molecule has 6 heteroatoms. The van der Waals surface area contributed by atoms with E-state index in [9.17, 15) is 9.59 Å². The predicted octanol–water partition coefficient (Wildman–Crippen LogP) is 3.70. The Bertz CT molecular complexity index is 895. The van der Waals surface area contributed by atoms with Gasteiger partial charge >= 0.3 is 0 Å². The van der Waals surface area contributed by atoms with Crippen LogP contribution in [0.4, 0.5) is 0 Å². The average molecular weight is 414 g/mol. The number of ether oxygens (including phenoxy) is 1. The van der Waals surface area contributed by atoms with E-state index in [-0.39, 0.29) is 42.3 Å². The first-order valence-electron chi connectivity index (χ1n) is 11.0. The van der Waals surface area contributed by atoms with Crippen LogP contribution in [0.25, 0.3) is 6.08 Å². The van der Waals surface area contributed by atoms with Crippen molar-refractivity contribution in [3.05, 3.63) is 40.4 Å². The third-order valence-electron chi connectivity index (χ3n) is 6.72. The summed E-state index contributed by atoms with van der Waals surface area (Å²) in [5, 5.41) is 9.13. The molecule has 0 radical (unpaired) electrons. The molecule has 2 fully saturated rings. The highest BCUT2D eigenvalue weighted by molar-refractivity contribution is 6.05. The lowest BCUT2D eigenvalue weighted by Gasteiger charge is -2.30. The highest BCUT2D eigenvalue weighted by atomic mass is 16.5. The molecular weight excluding hydrogens is 382 g/mol. The van der Waals surface area contributed by atoms with E-state index in [1.54, 1.807) is 6.07 Å². The van der Waals surface area contributed by atoms with E-state index in [1.807, 2.05) is 19.1 Å². The quantitative estimate of drug-likeness (QED) is 0.545. The number of aliphatic hydroxyl groups is 1. The molecule has 2 aliphatic heterocycles. The minimum Gasteiger partial charge on any atom is -0.459 e. The number of carbonyl (C=O) groups excluding carboxylic acids is 2. The summed E-state index contributed by atoms with van der Waals surface area (Å²) in [5.41, 5.74) is 3.65. The first kappa shape index (κ1) is 21.1. The van der Waals surface area contributed by atoms with Gasteiger partial charge < -0.3 is 14.3 Å². The number of hydrogen-bond donors (Lipinski definition) is 1. The van der Waals surface area contributed by atoms with Gasteiger partial charge in [0.1, 0.15) is 18.1 Å².